The van der Waals surface area contributed by atoms with Gasteiger partial charge in [0, 0.05) is 6.54 Å². The smallest absolute Gasteiger partial charge is 0.323 e. The first kappa shape index (κ1) is 13.9. The summed E-state index contributed by atoms with van der Waals surface area (Å²) in [6.07, 6.45) is 8.28. The highest BCUT2D eigenvalue weighted by Gasteiger charge is 2.50. The van der Waals surface area contributed by atoms with E-state index in [4.69, 9.17) is 0 Å². The van der Waals surface area contributed by atoms with Crippen LogP contribution in [0.1, 0.15) is 51.4 Å². The van der Waals surface area contributed by atoms with Crippen molar-refractivity contribution in [3.63, 3.8) is 0 Å². The van der Waals surface area contributed by atoms with Gasteiger partial charge in [-0.1, -0.05) is 32.1 Å². The van der Waals surface area contributed by atoms with Crippen molar-refractivity contribution < 1.29 is 9.59 Å². The summed E-state index contributed by atoms with van der Waals surface area (Å²) in [5.74, 6) is 0.668. The molecule has 2 saturated heterocycles. The van der Waals surface area contributed by atoms with E-state index in [1.54, 1.807) is 0 Å². The Balaban J connectivity index is 1.64. The van der Waals surface area contributed by atoms with E-state index in [1.165, 1.54) is 24.2 Å². The number of urea groups is 1. The molecule has 1 aliphatic carbocycles. The Kier molecular flexibility index (Phi) is 3.96. The number of rotatable bonds is 3. The van der Waals surface area contributed by atoms with E-state index in [9.17, 15) is 9.59 Å². The molecule has 3 fully saturated rings. The summed E-state index contributed by atoms with van der Waals surface area (Å²) in [5.41, 5.74) is -0.574. The van der Waals surface area contributed by atoms with Crippen molar-refractivity contribution >= 4 is 11.9 Å². The number of amides is 3. The van der Waals surface area contributed by atoms with Crippen LogP contribution in [0, 0.1) is 5.92 Å². The molecule has 0 aromatic rings. The minimum atomic E-state index is -0.574. The zero-order chi connectivity index (χ0) is 14.0. The summed E-state index contributed by atoms with van der Waals surface area (Å²) in [6, 6.07) is -0.164. The molecule has 3 aliphatic rings. The molecule has 3 rings (SSSR count). The zero-order valence-electron chi connectivity index (χ0n) is 12.1. The zero-order valence-corrected chi connectivity index (χ0v) is 12.1. The summed E-state index contributed by atoms with van der Waals surface area (Å²) >= 11 is 0. The summed E-state index contributed by atoms with van der Waals surface area (Å²) in [7, 11) is 0. The van der Waals surface area contributed by atoms with Gasteiger partial charge in [0.2, 0.25) is 0 Å². The van der Waals surface area contributed by atoms with Crippen LogP contribution in [0.5, 0.6) is 0 Å². The van der Waals surface area contributed by atoms with Crippen molar-refractivity contribution in [1.82, 2.24) is 15.5 Å². The van der Waals surface area contributed by atoms with E-state index in [1.807, 2.05) is 0 Å². The molecule has 0 aromatic heterocycles. The van der Waals surface area contributed by atoms with Gasteiger partial charge in [-0.25, -0.2) is 4.79 Å². The summed E-state index contributed by atoms with van der Waals surface area (Å²) in [6.45, 7) is 2.63. The van der Waals surface area contributed by atoms with E-state index in [0.717, 1.165) is 45.2 Å². The molecule has 2 aliphatic heterocycles. The van der Waals surface area contributed by atoms with Crippen LogP contribution in [0.3, 0.4) is 0 Å². The van der Waals surface area contributed by atoms with Crippen LogP contribution in [-0.4, -0.2) is 42.0 Å². The van der Waals surface area contributed by atoms with Gasteiger partial charge >= 0.3 is 6.03 Å². The number of carbonyl (C=O) groups is 2. The maximum atomic E-state index is 12.7. The molecule has 0 aromatic carbocycles. The van der Waals surface area contributed by atoms with Crippen molar-refractivity contribution in [1.29, 1.82) is 0 Å². The van der Waals surface area contributed by atoms with E-state index < -0.39 is 5.54 Å². The van der Waals surface area contributed by atoms with Gasteiger partial charge < -0.3 is 10.6 Å². The first-order valence-corrected chi connectivity index (χ1v) is 8.06. The number of imide groups is 1. The Labute approximate surface area is 120 Å². The van der Waals surface area contributed by atoms with Gasteiger partial charge in [0.05, 0.1) is 0 Å². The van der Waals surface area contributed by atoms with Crippen LogP contribution in [0.25, 0.3) is 0 Å². The lowest BCUT2D eigenvalue weighted by Crippen LogP contribution is -2.48. The van der Waals surface area contributed by atoms with Crippen LogP contribution in [-0.2, 0) is 4.79 Å². The van der Waals surface area contributed by atoms with Crippen LogP contribution < -0.4 is 10.6 Å². The van der Waals surface area contributed by atoms with Crippen LogP contribution in [0.4, 0.5) is 4.79 Å². The number of hydrogen-bond donors (Lipinski definition) is 2. The minimum Gasteiger partial charge on any atom is -0.323 e. The largest absolute Gasteiger partial charge is 0.325 e. The SMILES string of the molecule is O=C1NC2(CCCCCCC2)C(=O)N1CCC1CNC1. The lowest BCUT2D eigenvalue weighted by molar-refractivity contribution is -0.132. The molecule has 0 atom stereocenters. The number of nitrogens with zero attached hydrogens (tertiary/aromatic N) is 1. The maximum absolute atomic E-state index is 12.7. The van der Waals surface area contributed by atoms with E-state index >= 15 is 0 Å². The minimum absolute atomic E-state index is 0.0386. The molecule has 2 N–H and O–H groups in total. The molecular weight excluding hydrogens is 254 g/mol. The Morgan fingerprint density at radius 2 is 1.70 bits per heavy atom. The Morgan fingerprint density at radius 1 is 1.05 bits per heavy atom. The van der Waals surface area contributed by atoms with Crippen molar-refractivity contribution in [3.8, 4) is 0 Å². The fourth-order valence-electron chi connectivity index (χ4n) is 3.59. The molecule has 5 heteroatoms. The number of carbonyl (C=O) groups excluding carboxylic acids is 2. The van der Waals surface area contributed by atoms with Crippen LogP contribution in [0.2, 0.25) is 0 Å². The quantitative estimate of drug-likeness (QED) is 0.772. The highest BCUT2D eigenvalue weighted by molar-refractivity contribution is 6.07. The number of nitrogens with one attached hydrogen (secondary N) is 2. The fourth-order valence-corrected chi connectivity index (χ4v) is 3.59. The van der Waals surface area contributed by atoms with Crippen molar-refractivity contribution in [3.05, 3.63) is 0 Å². The fraction of sp³-hybridized carbons (Fsp3) is 0.867. The molecule has 2 heterocycles. The average Bonchev–Trinajstić information content (AvgIpc) is 2.57. The second-order valence-electron chi connectivity index (χ2n) is 6.55. The highest BCUT2D eigenvalue weighted by Crippen LogP contribution is 2.32. The van der Waals surface area contributed by atoms with E-state index in [0.29, 0.717) is 12.5 Å². The van der Waals surface area contributed by atoms with Gasteiger partial charge in [0.1, 0.15) is 5.54 Å². The molecule has 1 saturated carbocycles. The van der Waals surface area contributed by atoms with Gasteiger partial charge in [0.15, 0.2) is 0 Å². The third-order valence-electron chi connectivity index (χ3n) is 5.08. The number of hydrogen-bond acceptors (Lipinski definition) is 3. The van der Waals surface area contributed by atoms with Gasteiger partial charge in [-0.05, 0) is 38.3 Å². The molecular formula is C15H25N3O2. The summed E-state index contributed by atoms with van der Waals surface area (Å²) in [4.78, 5) is 26.3. The standard InChI is InChI=1S/C15H25N3O2/c19-13-15(7-4-2-1-3-5-8-15)17-14(20)18(13)9-6-12-10-16-11-12/h12,16H,1-11H2,(H,17,20). The Bertz CT molecular complexity index is 385. The normalized spacial score (nSPS) is 27.1. The van der Waals surface area contributed by atoms with Gasteiger partial charge in [0.25, 0.3) is 5.91 Å². The van der Waals surface area contributed by atoms with Gasteiger partial charge in [-0.15, -0.1) is 0 Å². The van der Waals surface area contributed by atoms with E-state index in [2.05, 4.69) is 10.6 Å². The average molecular weight is 279 g/mol. The van der Waals surface area contributed by atoms with Crippen LogP contribution >= 0.6 is 0 Å². The predicted octanol–water partition coefficient (Wildman–Crippen LogP) is 1.63. The first-order chi connectivity index (χ1) is 9.71. The topological polar surface area (TPSA) is 61.4 Å². The molecule has 0 bridgehead atoms. The molecule has 20 heavy (non-hydrogen) atoms. The third kappa shape index (κ3) is 2.55. The molecule has 0 radical (unpaired) electrons. The summed E-state index contributed by atoms with van der Waals surface area (Å²) < 4.78 is 0. The van der Waals surface area contributed by atoms with Crippen molar-refractivity contribution in [2.75, 3.05) is 19.6 Å². The Morgan fingerprint density at radius 3 is 2.30 bits per heavy atom. The van der Waals surface area contributed by atoms with Crippen molar-refractivity contribution in [2.24, 2.45) is 5.92 Å². The second-order valence-corrected chi connectivity index (χ2v) is 6.55. The molecule has 1 spiro atoms. The molecule has 112 valence electrons. The van der Waals surface area contributed by atoms with Gasteiger partial charge in [-0.2, -0.15) is 0 Å². The first-order valence-electron chi connectivity index (χ1n) is 8.06. The molecule has 0 unspecified atom stereocenters. The van der Waals surface area contributed by atoms with Gasteiger partial charge in [-0.3, -0.25) is 9.69 Å². The monoisotopic (exact) mass is 279 g/mol. The predicted molar refractivity (Wildman–Crippen MR) is 76.3 cm³/mol. The second kappa shape index (κ2) is 5.72. The Hall–Kier alpha value is -1.10. The lowest BCUT2D eigenvalue weighted by atomic mass is 9.84. The lowest BCUT2D eigenvalue weighted by Gasteiger charge is -2.30. The van der Waals surface area contributed by atoms with E-state index in [-0.39, 0.29) is 11.9 Å². The van der Waals surface area contributed by atoms with Crippen LogP contribution in [0.15, 0.2) is 0 Å². The highest BCUT2D eigenvalue weighted by atomic mass is 16.2. The molecule has 3 amide bonds. The summed E-state index contributed by atoms with van der Waals surface area (Å²) in [5, 5.41) is 6.25. The van der Waals surface area contributed by atoms with Crippen molar-refractivity contribution in [2.45, 2.75) is 56.9 Å². The maximum Gasteiger partial charge on any atom is 0.325 e. The molecule has 5 nitrogen and oxygen atoms in total. The third-order valence-corrected chi connectivity index (χ3v) is 5.08.